The van der Waals surface area contributed by atoms with Crippen LogP contribution in [-0.4, -0.2) is 34.5 Å². The van der Waals surface area contributed by atoms with Gasteiger partial charge in [0.05, 0.1) is 5.56 Å². The van der Waals surface area contributed by atoms with Crippen molar-refractivity contribution < 1.29 is 33.1 Å². The van der Waals surface area contributed by atoms with Crippen molar-refractivity contribution in [3.63, 3.8) is 0 Å². The Labute approximate surface area is 174 Å². The van der Waals surface area contributed by atoms with Gasteiger partial charge in [-0.05, 0) is 42.7 Å². The first-order valence-corrected chi connectivity index (χ1v) is 9.02. The van der Waals surface area contributed by atoms with Crippen molar-refractivity contribution >= 4 is 23.8 Å². The average Bonchev–Trinajstić information content (AvgIpc) is 3.33. The SMILES string of the molecule is C.O=C1NC(=O)C2(N1)c1cc(F)ccc1-c1c(C(=O)NC3(C(=O)O)CC3)cc(F)cc12. The maximum absolute atomic E-state index is 14.5. The number of amides is 4. The van der Waals surface area contributed by atoms with Crippen molar-refractivity contribution in [2.75, 3.05) is 0 Å². The lowest BCUT2D eigenvalue weighted by Crippen LogP contribution is -2.44. The third-order valence-electron chi connectivity index (χ3n) is 5.79. The summed E-state index contributed by atoms with van der Waals surface area (Å²) in [5, 5.41) is 16.3. The molecule has 2 aromatic carbocycles. The molecule has 2 aliphatic carbocycles. The van der Waals surface area contributed by atoms with Gasteiger partial charge in [0.1, 0.15) is 17.2 Å². The third-order valence-corrected chi connectivity index (χ3v) is 5.79. The summed E-state index contributed by atoms with van der Waals surface area (Å²) in [7, 11) is 0. The molecule has 1 saturated carbocycles. The van der Waals surface area contributed by atoms with Crippen LogP contribution in [0, 0.1) is 11.6 Å². The van der Waals surface area contributed by atoms with Crippen LogP contribution >= 0.6 is 0 Å². The van der Waals surface area contributed by atoms with Gasteiger partial charge in [0.2, 0.25) is 0 Å². The van der Waals surface area contributed by atoms with Crippen LogP contribution in [0.3, 0.4) is 0 Å². The highest BCUT2D eigenvalue weighted by Gasteiger charge is 2.57. The molecule has 160 valence electrons. The normalized spacial score (nSPS) is 21.5. The van der Waals surface area contributed by atoms with E-state index in [0.717, 1.165) is 24.3 Å². The van der Waals surface area contributed by atoms with Crippen molar-refractivity contribution in [3.8, 4) is 11.1 Å². The maximum atomic E-state index is 14.5. The van der Waals surface area contributed by atoms with Gasteiger partial charge in [-0.25, -0.2) is 18.4 Å². The highest BCUT2D eigenvalue weighted by atomic mass is 19.1. The number of hydrogen-bond donors (Lipinski definition) is 4. The minimum atomic E-state index is -1.90. The van der Waals surface area contributed by atoms with Gasteiger partial charge in [0, 0.05) is 16.7 Å². The molecule has 0 bridgehead atoms. The minimum Gasteiger partial charge on any atom is -0.480 e. The molecule has 4 amide bonds. The number of nitrogens with one attached hydrogen (secondary N) is 3. The zero-order valence-electron chi connectivity index (χ0n) is 15.1. The largest absolute Gasteiger partial charge is 0.480 e. The lowest BCUT2D eigenvalue weighted by Gasteiger charge is -2.23. The molecule has 2 fully saturated rings. The number of hydrogen-bond acceptors (Lipinski definition) is 4. The molecule has 1 spiro atoms. The molecule has 4 N–H and O–H groups in total. The number of carbonyl (C=O) groups excluding carboxylic acids is 3. The molecule has 8 nitrogen and oxygen atoms in total. The van der Waals surface area contributed by atoms with E-state index in [1.54, 1.807) is 0 Å². The molecule has 5 rings (SSSR count). The fourth-order valence-electron chi connectivity index (χ4n) is 4.20. The number of carbonyl (C=O) groups is 4. The molecule has 10 heteroatoms. The van der Waals surface area contributed by atoms with Crippen LogP contribution in [-0.2, 0) is 15.1 Å². The number of halogens is 2. The quantitative estimate of drug-likeness (QED) is 0.556. The van der Waals surface area contributed by atoms with Crippen molar-refractivity contribution in [1.29, 1.82) is 0 Å². The molecule has 1 aliphatic heterocycles. The maximum Gasteiger partial charge on any atom is 0.329 e. The van der Waals surface area contributed by atoms with E-state index in [9.17, 15) is 33.1 Å². The summed E-state index contributed by atoms with van der Waals surface area (Å²) in [5.41, 5.74) is -3.12. The summed E-state index contributed by atoms with van der Waals surface area (Å²) in [5.74, 6) is -4.45. The molecule has 2 aromatic rings. The molecule has 31 heavy (non-hydrogen) atoms. The van der Waals surface area contributed by atoms with Gasteiger partial charge < -0.3 is 15.7 Å². The fourth-order valence-corrected chi connectivity index (χ4v) is 4.20. The molecule has 0 radical (unpaired) electrons. The van der Waals surface area contributed by atoms with Crippen LogP contribution in [0.5, 0.6) is 0 Å². The Morgan fingerprint density at radius 1 is 1.03 bits per heavy atom. The van der Waals surface area contributed by atoms with E-state index >= 15 is 0 Å². The first-order valence-electron chi connectivity index (χ1n) is 9.02. The Morgan fingerprint density at radius 3 is 2.29 bits per heavy atom. The van der Waals surface area contributed by atoms with Crippen LogP contribution in [0.15, 0.2) is 30.3 Å². The van der Waals surface area contributed by atoms with E-state index in [0.29, 0.717) is 0 Å². The van der Waals surface area contributed by atoms with Gasteiger partial charge >= 0.3 is 12.0 Å². The first-order chi connectivity index (χ1) is 14.2. The van der Waals surface area contributed by atoms with Crippen LogP contribution in [0.1, 0.15) is 41.8 Å². The lowest BCUT2D eigenvalue weighted by molar-refractivity contribution is -0.140. The van der Waals surface area contributed by atoms with Gasteiger partial charge in [-0.15, -0.1) is 0 Å². The Bertz CT molecular complexity index is 1210. The van der Waals surface area contributed by atoms with Gasteiger partial charge in [-0.1, -0.05) is 13.5 Å². The van der Waals surface area contributed by atoms with E-state index in [4.69, 9.17) is 0 Å². The van der Waals surface area contributed by atoms with Gasteiger partial charge in [-0.2, -0.15) is 0 Å². The average molecular weight is 429 g/mol. The first kappa shape index (κ1) is 20.5. The zero-order chi connectivity index (χ0) is 21.4. The summed E-state index contributed by atoms with van der Waals surface area (Å²) in [6.45, 7) is 0. The summed E-state index contributed by atoms with van der Waals surface area (Å²) in [6.07, 6.45) is 0.464. The van der Waals surface area contributed by atoms with Gasteiger partial charge in [0.15, 0.2) is 5.54 Å². The molecule has 0 aromatic heterocycles. The zero-order valence-corrected chi connectivity index (χ0v) is 15.1. The number of benzene rings is 2. The number of rotatable bonds is 3. The third kappa shape index (κ3) is 2.64. The van der Waals surface area contributed by atoms with E-state index in [1.807, 2.05) is 0 Å². The highest BCUT2D eigenvalue weighted by Crippen LogP contribution is 2.51. The second-order valence-electron chi connectivity index (χ2n) is 7.57. The fraction of sp³-hybridized carbons (Fsp3) is 0.238. The Kier molecular flexibility index (Phi) is 4.18. The number of imide groups is 1. The Hall–Kier alpha value is -3.82. The molecule has 1 saturated heterocycles. The van der Waals surface area contributed by atoms with Crippen LogP contribution in [0.4, 0.5) is 13.6 Å². The second-order valence-corrected chi connectivity index (χ2v) is 7.57. The number of fused-ring (bicyclic) bond motifs is 5. The van der Waals surface area contributed by atoms with Gasteiger partial charge in [-0.3, -0.25) is 14.9 Å². The van der Waals surface area contributed by atoms with E-state index in [2.05, 4.69) is 16.0 Å². The Morgan fingerprint density at radius 2 is 1.71 bits per heavy atom. The van der Waals surface area contributed by atoms with E-state index in [-0.39, 0.29) is 48.1 Å². The van der Waals surface area contributed by atoms with E-state index in [1.165, 1.54) is 6.07 Å². The smallest absolute Gasteiger partial charge is 0.329 e. The molecular weight excluding hydrogens is 412 g/mol. The standard InChI is InChI=1S/C20H13F2N3O5.CH4/c21-8-1-2-10-12(6-8)20(16(27)23-18(30)25-20)13-7-9(22)5-11(14(10)13)15(26)24-19(3-4-19)17(28)29;/h1-2,5-7H,3-4H2,(H,24,26)(H,28,29)(H2,23,25,27,30);1H4. The summed E-state index contributed by atoms with van der Waals surface area (Å²) >= 11 is 0. The van der Waals surface area contributed by atoms with Crippen molar-refractivity contribution in [2.24, 2.45) is 0 Å². The number of carboxylic acid groups (broad SMARTS) is 1. The summed E-state index contributed by atoms with van der Waals surface area (Å²) in [4.78, 5) is 49.0. The number of urea groups is 1. The van der Waals surface area contributed by atoms with Crippen molar-refractivity contribution in [3.05, 3.63) is 58.7 Å². The monoisotopic (exact) mass is 429 g/mol. The Balaban J connectivity index is 0.00000231. The molecule has 1 atom stereocenters. The van der Waals surface area contributed by atoms with E-state index < -0.39 is 46.5 Å². The predicted octanol–water partition coefficient (Wildman–Crippen LogP) is 2.01. The lowest BCUT2D eigenvalue weighted by atomic mass is 9.87. The minimum absolute atomic E-state index is 0. The second kappa shape index (κ2) is 6.34. The molecule has 1 unspecified atom stereocenters. The topological polar surface area (TPSA) is 125 Å². The number of aliphatic carboxylic acids is 1. The summed E-state index contributed by atoms with van der Waals surface area (Å²) in [6, 6.07) is 4.56. The molecule has 3 aliphatic rings. The van der Waals surface area contributed by atoms with Crippen molar-refractivity contribution in [1.82, 2.24) is 16.0 Å². The molecular formula is C21H17F2N3O5. The number of carboxylic acids is 1. The van der Waals surface area contributed by atoms with Crippen LogP contribution in [0.25, 0.3) is 11.1 Å². The predicted molar refractivity (Wildman–Crippen MR) is 103 cm³/mol. The van der Waals surface area contributed by atoms with Crippen LogP contribution in [0.2, 0.25) is 0 Å². The van der Waals surface area contributed by atoms with Gasteiger partial charge in [0.25, 0.3) is 11.8 Å². The van der Waals surface area contributed by atoms with Crippen molar-refractivity contribution in [2.45, 2.75) is 31.3 Å². The highest BCUT2D eigenvalue weighted by molar-refractivity contribution is 6.15. The van der Waals surface area contributed by atoms with Crippen LogP contribution < -0.4 is 16.0 Å². The molecule has 1 heterocycles. The summed E-state index contributed by atoms with van der Waals surface area (Å²) < 4.78 is 28.6.